The van der Waals surface area contributed by atoms with Crippen molar-refractivity contribution in [1.29, 1.82) is 0 Å². The van der Waals surface area contributed by atoms with Crippen molar-refractivity contribution in [2.24, 2.45) is 0 Å². The fourth-order valence-electron chi connectivity index (χ4n) is 3.08. The number of nitrogens with zero attached hydrogens (tertiary/aromatic N) is 1. The van der Waals surface area contributed by atoms with Crippen LogP contribution in [-0.2, 0) is 10.0 Å². The molecule has 150 valence electrons. The molecule has 1 aliphatic rings. The minimum absolute atomic E-state index is 0.228. The van der Waals surface area contributed by atoms with Gasteiger partial charge in [-0.15, -0.1) is 11.8 Å². The van der Waals surface area contributed by atoms with Crippen LogP contribution in [0.1, 0.15) is 29.6 Å². The third-order valence-electron chi connectivity index (χ3n) is 4.55. The van der Waals surface area contributed by atoms with Gasteiger partial charge in [0.15, 0.2) is 0 Å². The first-order chi connectivity index (χ1) is 13.3. The van der Waals surface area contributed by atoms with Crippen LogP contribution in [-0.4, -0.2) is 38.6 Å². The molecule has 1 N–H and O–H groups in total. The van der Waals surface area contributed by atoms with Crippen molar-refractivity contribution >= 4 is 33.4 Å². The van der Waals surface area contributed by atoms with Crippen molar-refractivity contribution in [3.8, 4) is 0 Å². The van der Waals surface area contributed by atoms with Gasteiger partial charge >= 0.3 is 0 Å². The number of amides is 1. The second kappa shape index (κ2) is 8.48. The lowest BCUT2D eigenvalue weighted by atomic mass is 10.1. The molecule has 0 radical (unpaired) electrons. The lowest BCUT2D eigenvalue weighted by Crippen LogP contribution is -2.36. The van der Waals surface area contributed by atoms with Crippen molar-refractivity contribution < 1.29 is 22.0 Å². The number of halogens is 2. The molecule has 1 aliphatic heterocycles. The van der Waals surface area contributed by atoms with Crippen molar-refractivity contribution in [2.45, 2.75) is 29.1 Å². The number of benzene rings is 2. The van der Waals surface area contributed by atoms with E-state index < -0.39 is 27.3 Å². The summed E-state index contributed by atoms with van der Waals surface area (Å²) in [6, 6.07) is 7.19. The standard InChI is InChI=1S/C19H20F2N2O3S2/c1-27-17-9-8-13(12-14(17)19(24)23-10-3-2-4-11-23)28(25,26)22-18-15(20)6-5-7-16(18)21/h5-9,12,22H,2-4,10-11H2,1H3. The Hall–Kier alpha value is -2.13. The summed E-state index contributed by atoms with van der Waals surface area (Å²) in [4.78, 5) is 15.0. The maximum absolute atomic E-state index is 13.8. The number of hydrogen-bond acceptors (Lipinski definition) is 4. The molecule has 5 nitrogen and oxygen atoms in total. The first kappa shape index (κ1) is 20.6. The summed E-state index contributed by atoms with van der Waals surface area (Å²) in [7, 11) is -4.28. The highest BCUT2D eigenvalue weighted by Crippen LogP contribution is 2.28. The van der Waals surface area contributed by atoms with Crippen molar-refractivity contribution in [2.75, 3.05) is 24.1 Å². The Kier molecular flexibility index (Phi) is 6.24. The molecule has 0 bridgehead atoms. The zero-order valence-corrected chi connectivity index (χ0v) is 16.9. The molecule has 9 heteroatoms. The number of sulfonamides is 1. The van der Waals surface area contributed by atoms with Gasteiger partial charge in [-0.2, -0.15) is 0 Å². The van der Waals surface area contributed by atoms with E-state index in [9.17, 15) is 22.0 Å². The van der Waals surface area contributed by atoms with Crippen LogP contribution in [0.4, 0.5) is 14.5 Å². The maximum Gasteiger partial charge on any atom is 0.262 e. The summed E-state index contributed by atoms with van der Waals surface area (Å²) in [5.74, 6) is -2.28. The van der Waals surface area contributed by atoms with E-state index >= 15 is 0 Å². The summed E-state index contributed by atoms with van der Waals surface area (Å²) in [5, 5.41) is 0. The SMILES string of the molecule is CSc1ccc(S(=O)(=O)Nc2c(F)cccc2F)cc1C(=O)N1CCCCC1. The predicted molar refractivity (Wildman–Crippen MR) is 105 cm³/mol. The first-order valence-electron chi connectivity index (χ1n) is 8.77. The Bertz CT molecular complexity index is 970. The Morgan fingerprint density at radius 2 is 1.71 bits per heavy atom. The Morgan fingerprint density at radius 1 is 1.07 bits per heavy atom. The largest absolute Gasteiger partial charge is 0.339 e. The van der Waals surface area contributed by atoms with Crippen LogP contribution < -0.4 is 4.72 Å². The van der Waals surface area contributed by atoms with E-state index in [1.165, 1.54) is 30.0 Å². The molecule has 1 fully saturated rings. The number of hydrogen-bond donors (Lipinski definition) is 1. The van der Waals surface area contributed by atoms with Gasteiger partial charge in [-0.05, 0) is 55.9 Å². The summed E-state index contributed by atoms with van der Waals surface area (Å²) in [5.41, 5.74) is -0.480. The van der Waals surface area contributed by atoms with Crippen molar-refractivity contribution in [3.63, 3.8) is 0 Å². The first-order valence-corrected chi connectivity index (χ1v) is 11.5. The Morgan fingerprint density at radius 3 is 2.32 bits per heavy atom. The number of rotatable bonds is 5. The van der Waals surface area contributed by atoms with Gasteiger partial charge in [0, 0.05) is 18.0 Å². The average Bonchev–Trinajstić information content (AvgIpc) is 2.70. The Balaban J connectivity index is 1.96. The van der Waals surface area contributed by atoms with Crippen LogP contribution in [0.25, 0.3) is 0 Å². The van der Waals surface area contributed by atoms with E-state index in [2.05, 4.69) is 0 Å². The maximum atomic E-state index is 13.8. The van der Waals surface area contributed by atoms with Gasteiger partial charge in [-0.1, -0.05) is 6.07 Å². The van der Waals surface area contributed by atoms with Crippen LogP contribution >= 0.6 is 11.8 Å². The number of carbonyl (C=O) groups is 1. The summed E-state index contributed by atoms with van der Waals surface area (Å²) in [6.45, 7) is 1.25. The van der Waals surface area contributed by atoms with Crippen LogP contribution in [0, 0.1) is 11.6 Å². The van der Waals surface area contributed by atoms with E-state index in [-0.39, 0.29) is 16.4 Å². The third-order valence-corrected chi connectivity index (χ3v) is 6.70. The second-order valence-corrected chi connectivity index (χ2v) is 8.95. The van der Waals surface area contributed by atoms with Gasteiger partial charge in [-0.25, -0.2) is 17.2 Å². The molecule has 2 aromatic carbocycles. The van der Waals surface area contributed by atoms with E-state index in [1.807, 2.05) is 4.72 Å². The molecule has 0 saturated carbocycles. The predicted octanol–water partition coefficient (Wildman–Crippen LogP) is 4.11. The van der Waals surface area contributed by atoms with E-state index in [1.54, 1.807) is 11.2 Å². The van der Waals surface area contributed by atoms with Crippen LogP contribution in [0.2, 0.25) is 0 Å². The quantitative estimate of drug-likeness (QED) is 0.731. The number of piperidine rings is 1. The van der Waals surface area contributed by atoms with Gasteiger partial charge < -0.3 is 4.90 Å². The van der Waals surface area contributed by atoms with E-state index in [0.717, 1.165) is 37.5 Å². The molecule has 2 aromatic rings. The summed E-state index contributed by atoms with van der Waals surface area (Å²) >= 11 is 1.33. The molecule has 0 aromatic heterocycles. The second-order valence-electron chi connectivity index (χ2n) is 6.42. The number of thioether (sulfide) groups is 1. The molecule has 1 amide bonds. The lowest BCUT2D eigenvalue weighted by molar-refractivity contribution is 0.0720. The number of likely N-dealkylation sites (tertiary alicyclic amines) is 1. The van der Waals surface area contributed by atoms with Crippen LogP contribution in [0.3, 0.4) is 0 Å². The van der Waals surface area contributed by atoms with Gasteiger partial charge in [0.2, 0.25) is 0 Å². The van der Waals surface area contributed by atoms with Gasteiger partial charge in [0.1, 0.15) is 17.3 Å². The highest BCUT2D eigenvalue weighted by Gasteiger charge is 2.25. The molecular weight excluding hydrogens is 406 g/mol. The molecule has 28 heavy (non-hydrogen) atoms. The van der Waals surface area contributed by atoms with Crippen LogP contribution in [0.5, 0.6) is 0 Å². The minimum atomic E-state index is -4.28. The monoisotopic (exact) mass is 426 g/mol. The number of carbonyl (C=O) groups excluding carboxylic acids is 1. The topological polar surface area (TPSA) is 66.5 Å². The molecule has 1 heterocycles. The zero-order valence-electron chi connectivity index (χ0n) is 15.2. The Labute approximate surface area is 167 Å². The fraction of sp³-hybridized carbons (Fsp3) is 0.316. The molecule has 0 atom stereocenters. The zero-order chi connectivity index (χ0) is 20.3. The number of nitrogens with one attached hydrogen (secondary N) is 1. The smallest absolute Gasteiger partial charge is 0.262 e. The molecule has 0 unspecified atom stereocenters. The molecule has 0 aliphatic carbocycles. The molecular formula is C19H20F2N2O3S2. The molecule has 3 rings (SSSR count). The number of anilines is 1. The highest BCUT2D eigenvalue weighted by atomic mass is 32.2. The number of para-hydroxylation sites is 1. The lowest BCUT2D eigenvalue weighted by Gasteiger charge is -2.27. The van der Waals surface area contributed by atoms with Gasteiger partial charge in [0.25, 0.3) is 15.9 Å². The molecule has 1 saturated heterocycles. The van der Waals surface area contributed by atoms with Crippen molar-refractivity contribution in [3.05, 3.63) is 53.6 Å². The normalized spacial score (nSPS) is 14.8. The van der Waals surface area contributed by atoms with E-state index in [4.69, 9.17) is 0 Å². The minimum Gasteiger partial charge on any atom is -0.339 e. The summed E-state index contributed by atoms with van der Waals surface area (Å²) in [6.07, 6.45) is 4.67. The van der Waals surface area contributed by atoms with Crippen LogP contribution in [0.15, 0.2) is 46.2 Å². The third kappa shape index (κ3) is 4.30. The fourth-order valence-corrected chi connectivity index (χ4v) is 4.75. The van der Waals surface area contributed by atoms with E-state index in [0.29, 0.717) is 18.0 Å². The average molecular weight is 427 g/mol. The van der Waals surface area contributed by atoms with Gasteiger partial charge in [-0.3, -0.25) is 9.52 Å². The van der Waals surface area contributed by atoms with Crippen molar-refractivity contribution in [1.82, 2.24) is 4.90 Å². The highest BCUT2D eigenvalue weighted by molar-refractivity contribution is 7.98. The summed E-state index contributed by atoms with van der Waals surface area (Å²) < 4.78 is 55.0. The molecule has 0 spiro atoms. The van der Waals surface area contributed by atoms with Gasteiger partial charge in [0.05, 0.1) is 10.5 Å².